The third kappa shape index (κ3) is 5.19. The Hall–Kier alpha value is -0.930. The molecule has 0 aliphatic carbocycles. The van der Waals surface area contributed by atoms with Crippen LogP contribution in [0.1, 0.15) is 12.8 Å². The predicted octanol–water partition coefficient (Wildman–Crippen LogP) is 8.11. The minimum atomic E-state index is -7.88. The Morgan fingerprint density at radius 1 is 0.613 bits per heavy atom. The summed E-state index contributed by atoms with van der Waals surface area (Å²) in [6.07, 6.45) is -10.9. The van der Waals surface area contributed by atoms with Crippen molar-refractivity contribution in [1.29, 1.82) is 0 Å². The van der Waals surface area contributed by atoms with Crippen LogP contribution in [0.3, 0.4) is 0 Å². The number of ether oxygens (including phenoxy) is 1. The van der Waals surface area contributed by atoms with E-state index in [4.69, 9.17) is 4.74 Å². The van der Waals surface area contributed by atoms with Crippen LogP contribution in [0, 0.1) is 0 Å². The topological polar surface area (TPSA) is 9.23 Å². The van der Waals surface area contributed by atoms with E-state index in [9.17, 15) is 57.1 Å². The summed E-state index contributed by atoms with van der Waals surface area (Å²) in [5.74, 6) is -36.7. The quantitative estimate of drug-likeness (QED) is 0.203. The van der Waals surface area contributed by atoms with E-state index in [1.165, 1.54) is 18.2 Å². The number of benzene rings is 1. The van der Waals surface area contributed by atoms with Crippen molar-refractivity contribution in [3.8, 4) is 5.75 Å². The van der Waals surface area contributed by atoms with Gasteiger partial charge < -0.3 is 4.74 Å². The van der Waals surface area contributed by atoms with E-state index in [1.54, 1.807) is 0 Å². The van der Waals surface area contributed by atoms with Gasteiger partial charge in [0.15, 0.2) is 0 Å². The minimum absolute atomic E-state index is 0.0157. The van der Waals surface area contributed by atoms with Crippen LogP contribution in [0.5, 0.6) is 5.75 Å². The third-order valence-corrected chi connectivity index (χ3v) is 4.65. The highest BCUT2D eigenvalue weighted by Crippen LogP contribution is 2.60. The van der Waals surface area contributed by atoms with Crippen LogP contribution in [-0.4, -0.2) is 42.4 Å². The Labute approximate surface area is 182 Å². The number of hydrogen-bond donors (Lipinski definition) is 0. The molecule has 0 saturated heterocycles. The van der Waals surface area contributed by atoms with Crippen molar-refractivity contribution < 1.29 is 61.8 Å². The molecule has 0 N–H and O–H groups in total. The highest BCUT2D eigenvalue weighted by molar-refractivity contribution is 9.11. The minimum Gasteiger partial charge on any atom is -0.494 e. The highest BCUT2D eigenvalue weighted by Gasteiger charge is 2.90. The van der Waals surface area contributed by atoms with Crippen molar-refractivity contribution in [2.45, 2.75) is 48.6 Å². The first-order valence-corrected chi connectivity index (χ1v) is 9.25. The van der Waals surface area contributed by atoms with Gasteiger partial charge in [0.25, 0.3) is 0 Å². The molecular formula is C15H9Br2F13O. The molecule has 0 heterocycles. The summed E-state index contributed by atoms with van der Waals surface area (Å²) in [5, 5.41) is 0. The summed E-state index contributed by atoms with van der Waals surface area (Å²) in [7, 11) is 0. The monoisotopic (exact) mass is 610 g/mol. The van der Waals surface area contributed by atoms with Gasteiger partial charge in [0.05, 0.1) is 6.61 Å². The van der Waals surface area contributed by atoms with Gasteiger partial charge in [0.2, 0.25) is 0 Å². The summed E-state index contributed by atoms with van der Waals surface area (Å²) < 4.78 is 174. The Bertz CT molecular complexity index is 756. The van der Waals surface area contributed by atoms with Crippen molar-refractivity contribution in [3.63, 3.8) is 0 Å². The number of hydrogen-bond acceptors (Lipinski definition) is 1. The number of alkyl halides is 13. The van der Waals surface area contributed by atoms with E-state index in [-0.39, 0.29) is 5.75 Å². The second-order valence-corrected chi connectivity index (χ2v) is 7.89. The van der Waals surface area contributed by atoms with Crippen molar-refractivity contribution >= 4 is 31.9 Å². The summed E-state index contributed by atoms with van der Waals surface area (Å²) >= 11 is 6.05. The van der Waals surface area contributed by atoms with Crippen LogP contribution in [0.15, 0.2) is 27.1 Å². The zero-order chi connectivity index (χ0) is 24.7. The van der Waals surface area contributed by atoms with E-state index < -0.39 is 55.2 Å². The molecule has 180 valence electrons. The molecule has 31 heavy (non-hydrogen) atoms. The van der Waals surface area contributed by atoms with Crippen LogP contribution in [0.4, 0.5) is 57.1 Å². The molecule has 0 unspecified atom stereocenters. The lowest BCUT2D eigenvalue weighted by atomic mass is 9.92. The van der Waals surface area contributed by atoms with Gasteiger partial charge in [0.1, 0.15) is 5.75 Å². The molecular weight excluding hydrogens is 603 g/mol. The number of halogens is 15. The maximum atomic E-state index is 13.6. The zero-order valence-corrected chi connectivity index (χ0v) is 17.6. The van der Waals surface area contributed by atoms with Crippen LogP contribution in [-0.2, 0) is 0 Å². The Morgan fingerprint density at radius 3 is 1.45 bits per heavy atom. The molecule has 1 nitrogen and oxygen atoms in total. The Kier molecular flexibility index (Phi) is 7.96. The highest BCUT2D eigenvalue weighted by atomic mass is 79.9. The molecule has 0 saturated carbocycles. The van der Waals surface area contributed by atoms with E-state index in [0.29, 0.717) is 8.95 Å². The van der Waals surface area contributed by atoms with E-state index in [2.05, 4.69) is 31.9 Å². The summed E-state index contributed by atoms with van der Waals surface area (Å²) in [6, 6.07) is 4.08. The Morgan fingerprint density at radius 2 is 1.03 bits per heavy atom. The van der Waals surface area contributed by atoms with Gasteiger partial charge in [-0.05, 0) is 24.6 Å². The fourth-order valence-electron chi connectivity index (χ4n) is 2.06. The van der Waals surface area contributed by atoms with E-state index in [0.717, 1.165) is 0 Å². The van der Waals surface area contributed by atoms with Crippen molar-refractivity contribution in [2.75, 3.05) is 6.61 Å². The molecule has 0 atom stereocenters. The summed E-state index contributed by atoms with van der Waals surface area (Å²) in [6.45, 7) is -0.838. The maximum absolute atomic E-state index is 13.6. The van der Waals surface area contributed by atoms with Crippen molar-refractivity contribution in [3.05, 3.63) is 27.1 Å². The second-order valence-electron chi connectivity index (χ2n) is 6.06. The molecule has 0 spiro atoms. The fraction of sp³-hybridized carbons (Fsp3) is 0.600. The molecule has 0 bridgehead atoms. The van der Waals surface area contributed by atoms with Crippen molar-refractivity contribution in [1.82, 2.24) is 0 Å². The van der Waals surface area contributed by atoms with Crippen LogP contribution < -0.4 is 4.74 Å². The average Bonchev–Trinajstić information content (AvgIpc) is 2.56. The van der Waals surface area contributed by atoms with E-state index >= 15 is 0 Å². The molecule has 0 radical (unpaired) electrons. The van der Waals surface area contributed by atoms with Gasteiger partial charge in [-0.1, -0.05) is 31.9 Å². The van der Waals surface area contributed by atoms with Crippen LogP contribution in [0.2, 0.25) is 0 Å². The Balaban J connectivity index is 3.00. The van der Waals surface area contributed by atoms with Gasteiger partial charge in [-0.2, -0.15) is 57.1 Å². The van der Waals surface area contributed by atoms with Gasteiger partial charge in [-0.3, -0.25) is 0 Å². The first-order chi connectivity index (χ1) is 13.6. The lowest BCUT2D eigenvalue weighted by Gasteiger charge is -2.39. The molecule has 0 fully saturated rings. The van der Waals surface area contributed by atoms with Gasteiger partial charge in [-0.25, -0.2) is 0 Å². The molecule has 0 aliphatic rings. The third-order valence-electron chi connectivity index (χ3n) is 3.74. The van der Waals surface area contributed by atoms with Crippen LogP contribution in [0.25, 0.3) is 0 Å². The summed E-state index contributed by atoms with van der Waals surface area (Å²) in [4.78, 5) is 0. The maximum Gasteiger partial charge on any atom is 0.460 e. The standard InChI is InChI=1S/C15H9Br2F13O/c16-7-4-8(17)6-9(5-7)31-3-1-2-10(18,19)11(20,21)12(22,23)13(24,25)14(26,27)15(28,29)30/h4-6H,1-3H2. The fourth-order valence-corrected chi connectivity index (χ4v) is 3.31. The van der Waals surface area contributed by atoms with Gasteiger partial charge in [0, 0.05) is 15.4 Å². The smallest absolute Gasteiger partial charge is 0.460 e. The van der Waals surface area contributed by atoms with Crippen LogP contribution >= 0.6 is 31.9 Å². The normalized spacial score (nSPS) is 14.7. The molecule has 16 heteroatoms. The van der Waals surface area contributed by atoms with Gasteiger partial charge >= 0.3 is 35.8 Å². The largest absolute Gasteiger partial charge is 0.494 e. The molecule has 0 amide bonds. The first-order valence-electron chi connectivity index (χ1n) is 7.66. The molecule has 0 aromatic heterocycles. The molecule has 1 rings (SSSR count). The lowest BCUT2D eigenvalue weighted by Crippen LogP contribution is -2.70. The lowest BCUT2D eigenvalue weighted by molar-refractivity contribution is -0.440. The summed E-state index contributed by atoms with van der Waals surface area (Å²) in [5.41, 5.74) is 0. The van der Waals surface area contributed by atoms with Crippen molar-refractivity contribution in [2.24, 2.45) is 0 Å². The molecule has 1 aromatic carbocycles. The zero-order valence-electron chi connectivity index (χ0n) is 14.4. The average molecular weight is 612 g/mol. The molecule has 1 aromatic rings. The predicted molar refractivity (Wildman–Crippen MR) is 87.4 cm³/mol. The SMILES string of the molecule is FC(F)(F)C(F)(F)C(F)(F)C(F)(F)C(F)(F)C(F)(F)CCCOc1cc(Br)cc(Br)c1. The second kappa shape index (κ2) is 8.78. The molecule has 0 aliphatic heterocycles. The first kappa shape index (κ1) is 28.1. The van der Waals surface area contributed by atoms with E-state index in [1.807, 2.05) is 0 Å². The van der Waals surface area contributed by atoms with Gasteiger partial charge in [-0.15, -0.1) is 0 Å². The number of rotatable bonds is 9.